The molecule has 5 N–H and O–H groups in total. The summed E-state index contributed by atoms with van der Waals surface area (Å²) in [5.74, 6) is -0.910. The summed E-state index contributed by atoms with van der Waals surface area (Å²) in [7, 11) is 1.66. The lowest BCUT2D eigenvalue weighted by atomic mass is 9.64. The highest BCUT2D eigenvalue weighted by molar-refractivity contribution is 5.87. The third kappa shape index (κ3) is 3.57. The zero-order valence-electron chi connectivity index (χ0n) is 10.9. The second kappa shape index (κ2) is 6.36. The fourth-order valence-corrected chi connectivity index (χ4v) is 2.12. The summed E-state index contributed by atoms with van der Waals surface area (Å²) < 4.78 is 5.28. The van der Waals surface area contributed by atoms with E-state index in [1.807, 2.05) is 13.8 Å². The van der Waals surface area contributed by atoms with Crippen molar-refractivity contribution in [3.8, 4) is 0 Å². The monoisotopic (exact) mass is 279 g/mol. The molecule has 106 valence electrons. The zero-order chi connectivity index (χ0) is 13.2. The summed E-state index contributed by atoms with van der Waals surface area (Å²) in [6.07, 6.45) is 0.769. The zero-order valence-corrected chi connectivity index (χ0v) is 11.8. The lowest BCUT2D eigenvalue weighted by Crippen LogP contribution is -2.63. The van der Waals surface area contributed by atoms with Crippen molar-refractivity contribution < 1.29 is 14.3 Å². The molecule has 2 amide bonds. The summed E-state index contributed by atoms with van der Waals surface area (Å²) in [4.78, 5) is 22.3. The van der Waals surface area contributed by atoms with Crippen molar-refractivity contribution in [1.82, 2.24) is 5.32 Å². The normalized spacial score (nSPS) is 26.4. The standard InChI is InChI=1S/C11H21N3O3.ClH/c1-11(2)7(5-8(11)17-3)14-10(16)6(12)4-9(13)15;/h6-8H,4-5,12H2,1-3H3,(H2,13,15)(H,14,16);1H. The number of hydrogen-bond acceptors (Lipinski definition) is 4. The number of carbonyl (C=O) groups excluding carboxylic acids is 2. The summed E-state index contributed by atoms with van der Waals surface area (Å²) in [5, 5.41) is 2.82. The molecule has 1 saturated carbocycles. The average Bonchev–Trinajstić information content (AvgIpc) is 2.22. The van der Waals surface area contributed by atoms with Gasteiger partial charge >= 0.3 is 0 Å². The number of primary amides is 1. The van der Waals surface area contributed by atoms with Gasteiger partial charge in [0.2, 0.25) is 11.8 Å². The fourth-order valence-electron chi connectivity index (χ4n) is 2.12. The van der Waals surface area contributed by atoms with Gasteiger partial charge in [-0.25, -0.2) is 0 Å². The first-order chi connectivity index (χ1) is 7.78. The maximum atomic E-state index is 11.7. The maximum Gasteiger partial charge on any atom is 0.237 e. The van der Waals surface area contributed by atoms with Crippen LogP contribution in [0, 0.1) is 5.41 Å². The predicted octanol–water partition coefficient (Wildman–Crippen LogP) is -0.459. The Kier molecular flexibility index (Phi) is 6.06. The molecule has 6 nitrogen and oxygen atoms in total. The largest absolute Gasteiger partial charge is 0.381 e. The topological polar surface area (TPSA) is 107 Å². The molecule has 0 heterocycles. The van der Waals surface area contributed by atoms with E-state index in [-0.39, 0.29) is 42.3 Å². The van der Waals surface area contributed by atoms with E-state index in [0.29, 0.717) is 0 Å². The summed E-state index contributed by atoms with van der Waals surface area (Å²) in [5.41, 5.74) is 10.4. The van der Waals surface area contributed by atoms with Crippen LogP contribution in [0.3, 0.4) is 0 Å². The van der Waals surface area contributed by atoms with E-state index in [4.69, 9.17) is 16.2 Å². The van der Waals surface area contributed by atoms with Crippen LogP contribution >= 0.6 is 12.4 Å². The van der Waals surface area contributed by atoms with Crippen LogP contribution in [0.25, 0.3) is 0 Å². The van der Waals surface area contributed by atoms with Crippen molar-refractivity contribution in [3.63, 3.8) is 0 Å². The van der Waals surface area contributed by atoms with E-state index in [1.165, 1.54) is 0 Å². The molecular weight excluding hydrogens is 258 g/mol. The van der Waals surface area contributed by atoms with Crippen molar-refractivity contribution in [2.45, 2.75) is 44.9 Å². The van der Waals surface area contributed by atoms with Crippen molar-refractivity contribution in [2.24, 2.45) is 16.9 Å². The molecule has 3 unspecified atom stereocenters. The Morgan fingerprint density at radius 1 is 1.50 bits per heavy atom. The van der Waals surface area contributed by atoms with Gasteiger partial charge in [0, 0.05) is 18.6 Å². The molecule has 0 aromatic rings. The van der Waals surface area contributed by atoms with Gasteiger partial charge in [-0.1, -0.05) is 13.8 Å². The van der Waals surface area contributed by atoms with Gasteiger partial charge in [0.1, 0.15) is 0 Å². The van der Waals surface area contributed by atoms with Crippen molar-refractivity contribution in [1.29, 1.82) is 0 Å². The molecule has 0 spiro atoms. The van der Waals surface area contributed by atoms with Gasteiger partial charge < -0.3 is 21.5 Å². The van der Waals surface area contributed by atoms with Crippen LogP contribution in [0.4, 0.5) is 0 Å². The highest BCUT2D eigenvalue weighted by Gasteiger charge is 2.49. The minimum Gasteiger partial charge on any atom is -0.381 e. The maximum absolute atomic E-state index is 11.7. The number of nitrogens with two attached hydrogens (primary N) is 2. The number of ether oxygens (including phenoxy) is 1. The number of nitrogens with one attached hydrogen (secondary N) is 1. The Hall–Kier alpha value is -0.850. The first-order valence-corrected chi connectivity index (χ1v) is 5.66. The number of halogens is 1. The predicted molar refractivity (Wildman–Crippen MR) is 70.2 cm³/mol. The second-order valence-electron chi connectivity index (χ2n) is 5.12. The number of methoxy groups -OCH3 is 1. The Labute approximate surface area is 113 Å². The van der Waals surface area contributed by atoms with Crippen LogP contribution in [0.2, 0.25) is 0 Å². The van der Waals surface area contributed by atoms with Crippen LogP contribution in [0.15, 0.2) is 0 Å². The smallest absolute Gasteiger partial charge is 0.237 e. The third-order valence-electron chi connectivity index (χ3n) is 3.54. The first kappa shape index (κ1) is 17.2. The average molecular weight is 280 g/mol. The molecule has 18 heavy (non-hydrogen) atoms. The van der Waals surface area contributed by atoms with E-state index in [1.54, 1.807) is 7.11 Å². The number of carbonyl (C=O) groups is 2. The summed E-state index contributed by atoms with van der Waals surface area (Å²) >= 11 is 0. The molecule has 7 heteroatoms. The molecule has 0 aromatic carbocycles. The van der Waals surface area contributed by atoms with Crippen LogP contribution in [-0.2, 0) is 14.3 Å². The van der Waals surface area contributed by atoms with Gasteiger partial charge in [-0.2, -0.15) is 0 Å². The SMILES string of the molecule is COC1CC(NC(=O)C(N)CC(N)=O)C1(C)C.Cl. The molecule has 1 fully saturated rings. The highest BCUT2D eigenvalue weighted by atomic mass is 35.5. The van der Waals surface area contributed by atoms with Gasteiger partial charge in [0.15, 0.2) is 0 Å². The lowest BCUT2D eigenvalue weighted by Gasteiger charge is -2.51. The Balaban J connectivity index is 0.00000289. The first-order valence-electron chi connectivity index (χ1n) is 5.66. The summed E-state index contributed by atoms with van der Waals surface area (Å²) in [6, 6.07) is -0.844. The molecule has 0 aromatic heterocycles. The molecule has 0 saturated heterocycles. The molecule has 3 atom stereocenters. The molecule has 0 radical (unpaired) electrons. The van der Waals surface area contributed by atoms with Gasteiger partial charge in [-0.05, 0) is 6.42 Å². The quantitative estimate of drug-likeness (QED) is 0.633. The Bertz CT molecular complexity index is 323. The lowest BCUT2D eigenvalue weighted by molar-refractivity contribution is -0.135. The van der Waals surface area contributed by atoms with E-state index in [0.717, 1.165) is 6.42 Å². The van der Waals surface area contributed by atoms with Crippen LogP contribution < -0.4 is 16.8 Å². The molecule has 1 aliphatic carbocycles. The highest BCUT2D eigenvalue weighted by Crippen LogP contribution is 2.42. The minimum absolute atomic E-state index is 0. The number of hydrogen-bond donors (Lipinski definition) is 3. The summed E-state index contributed by atoms with van der Waals surface area (Å²) in [6.45, 7) is 4.05. The van der Waals surface area contributed by atoms with E-state index >= 15 is 0 Å². The number of amides is 2. The van der Waals surface area contributed by atoms with Crippen molar-refractivity contribution in [2.75, 3.05) is 7.11 Å². The molecular formula is C11H22ClN3O3. The van der Waals surface area contributed by atoms with E-state index < -0.39 is 11.9 Å². The van der Waals surface area contributed by atoms with Crippen molar-refractivity contribution in [3.05, 3.63) is 0 Å². The third-order valence-corrected chi connectivity index (χ3v) is 3.54. The molecule has 0 aliphatic heterocycles. The van der Waals surface area contributed by atoms with Crippen LogP contribution in [0.1, 0.15) is 26.7 Å². The Morgan fingerprint density at radius 3 is 2.44 bits per heavy atom. The van der Waals surface area contributed by atoms with E-state index in [2.05, 4.69) is 5.32 Å². The molecule has 0 bridgehead atoms. The van der Waals surface area contributed by atoms with Gasteiger partial charge in [-0.3, -0.25) is 9.59 Å². The second-order valence-corrected chi connectivity index (χ2v) is 5.12. The molecule has 1 aliphatic rings. The van der Waals surface area contributed by atoms with Gasteiger partial charge in [0.05, 0.1) is 18.6 Å². The van der Waals surface area contributed by atoms with Crippen LogP contribution in [0.5, 0.6) is 0 Å². The number of rotatable bonds is 5. The van der Waals surface area contributed by atoms with Gasteiger partial charge in [0.25, 0.3) is 0 Å². The van der Waals surface area contributed by atoms with Gasteiger partial charge in [-0.15, -0.1) is 12.4 Å². The van der Waals surface area contributed by atoms with E-state index in [9.17, 15) is 9.59 Å². The Morgan fingerprint density at radius 2 is 2.06 bits per heavy atom. The van der Waals surface area contributed by atoms with Crippen molar-refractivity contribution >= 4 is 24.2 Å². The van der Waals surface area contributed by atoms with Crippen LogP contribution in [-0.4, -0.2) is 37.1 Å². The molecule has 1 rings (SSSR count). The minimum atomic E-state index is -0.870. The fraction of sp³-hybridized carbons (Fsp3) is 0.818.